The highest BCUT2D eigenvalue weighted by Crippen LogP contribution is 2.02. The smallest absolute Gasteiger partial charge is 0.0110 e. The number of hydrogen-bond acceptors (Lipinski definition) is 3. The summed E-state index contributed by atoms with van der Waals surface area (Å²) in [5.74, 6) is 1.62. The van der Waals surface area contributed by atoms with E-state index in [4.69, 9.17) is 0 Å². The molecule has 0 aliphatic carbocycles. The van der Waals surface area contributed by atoms with Gasteiger partial charge in [0.25, 0.3) is 0 Å². The SMILES string of the molecule is CC(C)CN(C)C.CC(C)CN1CCN(C)CC1. The van der Waals surface area contributed by atoms with Crippen molar-refractivity contribution in [1.29, 1.82) is 0 Å². The Hall–Kier alpha value is -0.120. The van der Waals surface area contributed by atoms with Gasteiger partial charge in [0, 0.05) is 32.7 Å². The van der Waals surface area contributed by atoms with E-state index in [1.165, 1.54) is 39.3 Å². The zero-order chi connectivity index (χ0) is 14.1. The van der Waals surface area contributed by atoms with Gasteiger partial charge in [0.1, 0.15) is 0 Å². The van der Waals surface area contributed by atoms with Crippen LogP contribution in [0.5, 0.6) is 0 Å². The van der Waals surface area contributed by atoms with Crippen molar-refractivity contribution >= 4 is 0 Å². The first-order chi connectivity index (χ1) is 8.31. The predicted octanol–water partition coefficient (Wildman–Crippen LogP) is 2.09. The molecule has 1 aliphatic rings. The maximum absolute atomic E-state index is 2.56. The van der Waals surface area contributed by atoms with Crippen molar-refractivity contribution in [2.45, 2.75) is 27.7 Å². The molecule has 0 aromatic rings. The monoisotopic (exact) mass is 257 g/mol. The molecule has 1 saturated heterocycles. The molecule has 3 nitrogen and oxygen atoms in total. The molecule has 0 spiro atoms. The second-order valence-corrected chi connectivity index (χ2v) is 6.65. The molecule has 0 aromatic heterocycles. The second kappa shape index (κ2) is 9.76. The van der Waals surface area contributed by atoms with E-state index >= 15 is 0 Å². The van der Waals surface area contributed by atoms with Crippen LogP contribution in [0, 0.1) is 11.8 Å². The highest BCUT2D eigenvalue weighted by atomic mass is 15.2. The van der Waals surface area contributed by atoms with Gasteiger partial charge in [0.05, 0.1) is 0 Å². The molecule has 0 radical (unpaired) electrons. The first-order valence-electron chi connectivity index (χ1n) is 7.36. The highest BCUT2D eigenvalue weighted by molar-refractivity contribution is 4.69. The third-order valence-electron chi connectivity index (χ3n) is 2.95. The summed E-state index contributed by atoms with van der Waals surface area (Å²) >= 11 is 0. The number of hydrogen-bond donors (Lipinski definition) is 0. The molecule has 0 saturated carbocycles. The lowest BCUT2D eigenvalue weighted by Crippen LogP contribution is -2.45. The summed E-state index contributed by atoms with van der Waals surface area (Å²) in [6, 6.07) is 0. The molecule has 3 heteroatoms. The Morgan fingerprint density at radius 3 is 1.67 bits per heavy atom. The fourth-order valence-corrected chi connectivity index (χ4v) is 2.28. The van der Waals surface area contributed by atoms with E-state index in [-0.39, 0.29) is 0 Å². The third-order valence-corrected chi connectivity index (χ3v) is 2.95. The van der Waals surface area contributed by atoms with Crippen LogP contribution >= 0.6 is 0 Å². The van der Waals surface area contributed by atoms with Crippen LogP contribution in [0.25, 0.3) is 0 Å². The highest BCUT2D eigenvalue weighted by Gasteiger charge is 2.13. The van der Waals surface area contributed by atoms with Gasteiger partial charge in [-0.05, 0) is 39.5 Å². The standard InChI is InChI=1S/C9H20N2.C6H15N/c1-9(2)8-11-6-4-10(3)5-7-11;1-6(2)5-7(3)4/h9H,4-8H2,1-3H3;6H,5H2,1-4H3. The summed E-state index contributed by atoms with van der Waals surface area (Å²) in [5.41, 5.74) is 0. The van der Waals surface area contributed by atoms with Gasteiger partial charge in [-0.1, -0.05) is 27.7 Å². The van der Waals surface area contributed by atoms with Gasteiger partial charge >= 0.3 is 0 Å². The van der Waals surface area contributed by atoms with Crippen molar-refractivity contribution in [3.63, 3.8) is 0 Å². The number of likely N-dealkylation sites (N-methyl/N-ethyl adjacent to an activating group) is 1. The van der Waals surface area contributed by atoms with E-state index in [2.05, 4.69) is 63.5 Å². The first kappa shape index (κ1) is 17.9. The van der Waals surface area contributed by atoms with Crippen molar-refractivity contribution in [3.05, 3.63) is 0 Å². The van der Waals surface area contributed by atoms with Gasteiger partial charge in [0.15, 0.2) is 0 Å². The summed E-state index contributed by atoms with van der Waals surface area (Å²) < 4.78 is 0. The molecule has 1 aliphatic heterocycles. The fourth-order valence-electron chi connectivity index (χ4n) is 2.28. The molecular weight excluding hydrogens is 222 g/mol. The van der Waals surface area contributed by atoms with Crippen LogP contribution in [-0.4, -0.2) is 75.1 Å². The molecule has 0 aromatic carbocycles. The van der Waals surface area contributed by atoms with Crippen molar-refractivity contribution < 1.29 is 0 Å². The van der Waals surface area contributed by atoms with Crippen molar-refractivity contribution in [2.75, 3.05) is 60.4 Å². The number of piperazine rings is 1. The minimum atomic E-state index is 0.801. The van der Waals surface area contributed by atoms with E-state index < -0.39 is 0 Å². The summed E-state index contributed by atoms with van der Waals surface area (Å²) in [6.45, 7) is 16.5. The van der Waals surface area contributed by atoms with Gasteiger partial charge < -0.3 is 14.7 Å². The molecule has 18 heavy (non-hydrogen) atoms. The van der Waals surface area contributed by atoms with E-state index in [0.717, 1.165) is 11.8 Å². The van der Waals surface area contributed by atoms with E-state index in [9.17, 15) is 0 Å². The Labute approximate surface area is 115 Å². The lowest BCUT2D eigenvalue weighted by Gasteiger charge is -2.33. The molecule has 1 rings (SSSR count). The molecule has 0 unspecified atom stereocenters. The molecule has 1 heterocycles. The Morgan fingerprint density at radius 2 is 1.39 bits per heavy atom. The molecular formula is C15H35N3. The van der Waals surface area contributed by atoms with Crippen LogP contribution in [0.3, 0.4) is 0 Å². The summed E-state index contributed by atoms with van der Waals surface area (Å²) in [5, 5.41) is 0. The molecule has 1 fully saturated rings. The summed E-state index contributed by atoms with van der Waals surface area (Å²) in [7, 11) is 6.40. The average molecular weight is 257 g/mol. The van der Waals surface area contributed by atoms with Crippen molar-refractivity contribution in [3.8, 4) is 0 Å². The molecule has 0 bridgehead atoms. The molecule has 0 atom stereocenters. The maximum Gasteiger partial charge on any atom is 0.0110 e. The van der Waals surface area contributed by atoms with Crippen LogP contribution in [0.4, 0.5) is 0 Å². The van der Waals surface area contributed by atoms with Gasteiger partial charge in [-0.25, -0.2) is 0 Å². The van der Waals surface area contributed by atoms with E-state index in [1.807, 2.05) is 0 Å². The normalized spacial score (nSPS) is 18.3. The Kier molecular flexibility index (Phi) is 9.70. The Bertz CT molecular complexity index is 176. The average Bonchev–Trinajstić information content (AvgIpc) is 2.19. The van der Waals surface area contributed by atoms with Gasteiger partial charge in [-0.2, -0.15) is 0 Å². The zero-order valence-corrected chi connectivity index (χ0v) is 13.7. The molecule has 110 valence electrons. The first-order valence-corrected chi connectivity index (χ1v) is 7.36. The quantitative estimate of drug-likeness (QED) is 0.763. The third kappa shape index (κ3) is 11.0. The largest absolute Gasteiger partial charge is 0.309 e. The fraction of sp³-hybridized carbons (Fsp3) is 1.00. The van der Waals surface area contributed by atoms with Gasteiger partial charge in [-0.15, -0.1) is 0 Å². The molecule has 0 N–H and O–H groups in total. The molecule has 0 amide bonds. The van der Waals surface area contributed by atoms with Crippen LogP contribution in [0.15, 0.2) is 0 Å². The lowest BCUT2D eigenvalue weighted by molar-refractivity contribution is 0.141. The van der Waals surface area contributed by atoms with E-state index in [0.29, 0.717) is 0 Å². The summed E-state index contributed by atoms with van der Waals surface area (Å²) in [6.07, 6.45) is 0. The van der Waals surface area contributed by atoms with Crippen molar-refractivity contribution in [2.24, 2.45) is 11.8 Å². The predicted molar refractivity (Wildman–Crippen MR) is 82.2 cm³/mol. The van der Waals surface area contributed by atoms with Gasteiger partial charge in [0.2, 0.25) is 0 Å². The summed E-state index contributed by atoms with van der Waals surface area (Å²) in [4.78, 5) is 7.16. The van der Waals surface area contributed by atoms with Crippen LogP contribution in [-0.2, 0) is 0 Å². The minimum absolute atomic E-state index is 0.801. The van der Waals surface area contributed by atoms with Crippen LogP contribution in [0.1, 0.15) is 27.7 Å². The van der Waals surface area contributed by atoms with Crippen LogP contribution in [0.2, 0.25) is 0 Å². The van der Waals surface area contributed by atoms with Gasteiger partial charge in [-0.3, -0.25) is 0 Å². The lowest BCUT2D eigenvalue weighted by atomic mass is 10.2. The number of nitrogens with zero attached hydrogens (tertiary/aromatic N) is 3. The van der Waals surface area contributed by atoms with E-state index in [1.54, 1.807) is 0 Å². The number of rotatable bonds is 4. The second-order valence-electron chi connectivity index (χ2n) is 6.65. The maximum atomic E-state index is 2.56. The Morgan fingerprint density at radius 1 is 0.889 bits per heavy atom. The van der Waals surface area contributed by atoms with Crippen LogP contribution < -0.4 is 0 Å². The Balaban J connectivity index is 0.000000360. The minimum Gasteiger partial charge on any atom is -0.309 e. The zero-order valence-electron chi connectivity index (χ0n) is 13.7. The van der Waals surface area contributed by atoms with Crippen molar-refractivity contribution in [1.82, 2.24) is 14.7 Å². The topological polar surface area (TPSA) is 9.72 Å².